The van der Waals surface area contributed by atoms with Gasteiger partial charge in [-0.25, -0.2) is 0 Å². The molecular formula is C18H25N3. The molecule has 1 aromatic heterocycles. The molecule has 0 bridgehead atoms. The number of piperazine rings is 1. The van der Waals surface area contributed by atoms with E-state index in [-0.39, 0.29) is 5.54 Å². The Kier molecular flexibility index (Phi) is 3.96. The van der Waals surface area contributed by atoms with Crippen LogP contribution in [-0.2, 0) is 6.54 Å². The minimum Gasteiger partial charge on any atom is -0.309 e. The van der Waals surface area contributed by atoms with E-state index in [4.69, 9.17) is 0 Å². The second kappa shape index (κ2) is 5.74. The first-order chi connectivity index (χ1) is 10.1. The van der Waals surface area contributed by atoms with Crippen LogP contribution < -0.4 is 5.32 Å². The minimum atomic E-state index is 0.227. The summed E-state index contributed by atoms with van der Waals surface area (Å²) in [5.74, 6) is 0. The summed E-state index contributed by atoms with van der Waals surface area (Å²) in [7, 11) is 0. The van der Waals surface area contributed by atoms with E-state index in [9.17, 15) is 0 Å². The predicted octanol–water partition coefficient (Wildman–Crippen LogP) is 3.20. The molecule has 112 valence electrons. The summed E-state index contributed by atoms with van der Waals surface area (Å²) >= 11 is 0. The number of fused-ring (bicyclic) bond motifs is 1. The predicted molar refractivity (Wildman–Crippen MR) is 88.3 cm³/mol. The highest BCUT2D eigenvalue weighted by atomic mass is 15.2. The number of nitrogens with one attached hydrogen (secondary N) is 1. The Balaban J connectivity index is 1.87. The zero-order valence-electron chi connectivity index (χ0n) is 13.3. The van der Waals surface area contributed by atoms with Gasteiger partial charge in [0.25, 0.3) is 0 Å². The molecule has 0 saturated carbocycles. The van der Waals surface area contributed by atoms with Crippen molar-refractivity contribution in [2.24, 2.45) is 0 Å². The number of hydrogen-bond acceptors (Lipinski definition) is 3. The summed E-state index contributed by atoms with van der Waals surface area (Å²) in [6.07, 6.45) is 3.05. The van der Waals surface area contributed by atoms with E-state index < -0.39 is 0 Å². The van der Waals surface area contributed by atoms with Crippen molar-refractivity contribution in [3.63, 3.8) is 0 Å². The van der Waals surface area contributed by atoms with E-state index in [2.05, 4.69) is 60.2 Å². The Morgan fingerprint density at radius 3 is 2.95 bits per heavy atom. The number of benzene rings is 1. The van der Waals surface area contributed by atoms with Gasteiger partial charge in [0.1, 0.15) is 0 Å². The van der Waals surface area contributed by atoms with Crippen LogP contribution in [0.3, 0.4) is 0 Å². The van der Waals surface area contributed by atoms with Gasteiger partial charge in [-0.1, -0.05) is 31.2 Å². The normalized spacial score (nSPS) is 27.1. The van der Waals surface area contributed by atoms with Crippen LogP contribution in [0.1, 0.15) is 32.8 Å². The molecule has 21 heavy (non-hydrogen) atoms. The van der Waals surface area contributed by atoms with Crippen molar-refractivity contribution in [2.45, 2.75) is 45.3 Å². The van der Waals surface area contributed by atoms with Crippen molar-refractivity contribution in [3.8, 4) is 0 Å². The molecule has 1 N–H and O–H groups in total. The van der Waals surface area contributed by atoms with Gasteiger partial charge in [-0.15, -0.1) is 0 Å². The number of aromatic nitrogens is 1. The van der Waals surface area contributed by atoms with E-state index >= 15 is 0 Å². The van der Waals surface area contributed by atoms with Gasteiger partial charge in [0.05, 0.1) is 5.52 Å². The molecule has 0 spiro atoms. The van der Waals surface area contributed by atoms with Gasteiger partial charge in [-0.3, -0.25) is 9.88 Å². The number of para-hydroxylation sites is 1. The number of pyridine rings is 1. The topological polar surface area (TPSA) is 28.2 Å². The highest BCUT2D eigenvalue weighted by Gasteiger charge is 2.32. The zero-order chi connectivity index (χ0) is 14.9. The summed E-state index contributed by atoms with van der Waals surface area (Å²) in [6.45, 7) is 10.0. The van der Waals surface area contributed by atoms with Crippen LogP contribution in [0.4, 0.5) is 0 Å². The standard InChI is InChI=1S/C18H25N3/c1-4-18(3)13-21(14(2)11-20-18)12-16-8-5-7-15-9-6-10-19-17(15)16/h5-10,14,20H,4,11-13H2,1-3H3. The van der Waals surface area contributed by atoms with E-state index in [1.807, 2.05) is 12.3 Å². The smallest absolute Gasteiger partial charge is 0.0746 e. The van der Waals surface area contributed by atoms with Crippen molar-refractivity contribution in [1.29, 1.82) is 0 Å². The lowest BCUT2D eigenvalue weighted by Gasteiger charge is -2.45. The highest BCUT2D eigenvalue weighted by Crippen LogP contribution is 2.23. The molecule has 1 aliphatic heterocycles. The summed E-state index contributed by atoms with van der Waals surface area (Å²) in [5.41, 5.74) is 2.70. The Morgan fingerprint density at radius 1 is 1.33 bits per heavy atom. The molecule has 1 saturated heterocycles. The molecule has 3 heteroatoms. The molecule has 2 atom stereocenters. The maximum absolute atomic E-state index is 4.59. The zero-order valence-corrected chi connectivity index (χ0v) is 13.3. The molecule has 3 nitrogen and oxygen atoms in total. The van der Waals surface area contributed by atoms with Crippen LogP contribution in [-0.4, -0.2) is 34.6 Å². The molecule has 1 fully saturated rings. The fourth-order valence-electron chi connectivity index (χ4n) is 3.15. The fraction of sp³-hybridized carbons (Fsp3) is 0.500. The quantitative estimate of drug-likeness (QED) is 0.937. The monoisotopic (exact) mass is 283 g/mol. The Morgan fingerprint density at radius 2 is 2.14 bits per heavy atom. The molecule has 0 radical (unpaired) electrons. The molecule has 3 rings (SSSR count). The van der Waals surface area contributed by atoms with Crippen LogP contribution in [0.5, 0.6) is 0 Å². The van der Waals surface area contributed by atoms with Gasteiger partial charge in [0, 0.05) is 42.8 Å². The number of hydrogen-bond donors (Lipinski definition) is 1. The SMILES string of the molecule is CCC1(C)CN(Cc2cccc3cccnc23)C(C)CN1. The first kappa shape index (κ1) is 14.5. The maximum atomic E-state index is 4.59. The third-order valence-corrected chi connectivity index (χ3v) is 4.87. The van der Waals surface area contributed by atoms with Crippen molar-refractivity contribution >= 4 is 10.9 Å². The molecule has 0 amide bonds. The third kappa shape index (κ3) is 2.94. The van der Waals surface area contributed by atoms with Crippen LogP contribution in [0.25, 0.3) is 10.9 Å². The lowest BCUT2D eigenvalue weighted by Crippen LogP contribution is -2.61. The van der Waals surface area contributed by atoms with E-state index in [1.165, 1.54) is 10.9 Å². The number of nitrogens with zero attached hydrogens (tertiary/aromatic N) is 2. The van der Waals surface area contributed by atoms with Gasteiger partial charge >= 0.3 is 0 Å². The molecule has 1 aromatic carbocycles. The van der Waals surface area contributed by atoms with Gasteiger partial charge in [-0.2, -0.15) is 0 Å². The van der Waals surface area contributed by atoms with Crippen molar-refractivity contribution < 1.29 is 0 Å². The lowest BCUT2D eigenvalue weighted by molar-refractivity contribution is 0.0869. The fourth-order valence-corrected chi connectivity index (χ4v) is 3.15. The summed E-state index contributed by atoms with van der Waals surface area (Å²) in [6, 6.07) is 11.2. The van der Waals surface area contributed by atoms with Crippen molar-refractivity contribution in [2.75, 3.05) is 13.1 Å². The van der Waals surface area contributed by atoms with Crippen LogP contribution >= 0.6 is 0 Å². The van der Waals surface area contributed by atoms with Crippen LogP contribution in [0.15, 0.2) is 36.5 Å². The molecule has 2 aromatic rings. The van der Waals surface area contributed by atoms with Gasteiger partial charge in [-0.05, 0) is 31.9 Å². The van der Waals surface area contributed by atoms with E-state index in [0.29, 0.717) is 6.04 Å². The van der Waals surface area contributed by atoms with Gasteiger partial charge in [0.2, 0.25) is 0 Å². The Bertz CT molecular complexity index is 619. The van der Waals surface area contributed by atoms with Gasteiger partial charge < -0.3 is 5.32 Å². The summed E-state index contributed by atoms with van der Waals surface area (Å²) in [5, 5.41) is 4.92. The van der Waals surface area contributed by atoms with Crippen molar-refractivity contribution in [3.05, 3.63) is 42.1 Å². The van der Waals surface area contributed by atoms with Crippen LogP contribution in [0, 0.1) is 0 Å². The van der Waals surface area contributed by atoms with Gasteiger partial charge in [0.15, 0.2) is 0 Å². The molecule has 2 heterocycles. The second-order valence-electron chi connectivity index (χ2n) is 6.54. The third-order valence-electron chi connectivity index (χ3n) is 4.87. The molecule has 0 aliphatic carbocycles. The number of rotatable bonds is 3. The maximum Gasteiger partial charge on any atom is 0.0746 e. The van der Waals surface area contributed by atoms with Crippen molar-refractivity contribution in [1.82, 2.24) is 15.2 Å². The van der Waals surface area contributed by atoms with E-state index in [0.717, 1.165) is 31.6 Å². The average molecular weight is 283 g/mol. The van der Waals surface area contributed by atoms with Crippen LogP contribution in [0.2, 0.25) is 0 Å². The second-order valence-corrected chi connectivity index (χ2v) is 6.54. The molecule has 2 unspecified atom stereocenters. The Labute approximate surface area is 127 Å². The molecular weight excluding hydrogens is 258 g/mol. The first-order valence-electron chi connectivity index (χ1n) is 7.93. The minimum absolute atomic E-state index is 0.227. The Hall–Kier alpha value is -1.45. The largest absolute Gasteiger partial charge is 0.309 e. The summed E-state index contributed by atoms with van der Waals surface area (Å²) in [4.78, 5) is 7.17. The highest BCUT2D eigenvalue weighted by molar-refractivity contribution is 5.81. The average Bonchev–Trinajstić information content (AvgIpc) is 2.51. The molecule has 1 aliphatic rings. The lowest BCUT2D eigenvalue weighted by atomic mass is 9.93. The summed E-state index contributed by atoms with van der Waals surface area (Å²) < 4.78 is 0. The first-order valence-corrected chi connectivity index (χ1v) is 7.93. The van der Waals surface area contributed by atoms with E-state index in [1.54, 1.807) is 0 Å².